The summed E-state index contributed by atoms with van der Waals surface area (Å²) < 4.78 is 0. The molecule has 0 aliphatic rings. The van der Waals surface area contributed by atoms with E-state index in [2.05, 4.69) is 39.9 Å². The first-order valence-electron chi connectivity index (χ1n) is 9.83. The van der Waals surface area contributed by atoms with Crippen LogP contribution >= 0.6 is 0 Å². The lowest BCUT2D eigenvalue weighted by Gasteiger charge is -2.07. The van der Waals surface area contributed by atoms with Crippen LogP contribution in [0.2, 0.25) is 0 Å². The Labute approximate surface area is 189 Å². The van der Waals surface area contributed by atoms with Crippen LogP contribution in [0.4, 0.5) is 11.6 Å². The van der Waals surface area contributed by atoms with Crippen molar-refractivity contribution >= 4 is 56.3 Å². The molecule has 0 saturated heterocycles. The molecule has 12 heteroatoms. The number of hydrogen-bond acceptors (Lipinski definition) is 12. The molecule has 0 radical (unpaired) electrons. The summed E-state index contributed by atoms with van der Waals surface area (Å²) >= 11 is 0. The molecule has 0 bridgehead atoms. The number of anilines is 2. The van der Waals surface area contributed by atoms with E-state index in [0.29, 0.717) is 22.1 Å². The maximum atomic E-state index is 9.16. The van der Waals surface area contributed by atoms with Gasteiger partial charge in [0.15, 0.2) is 45.6 Å². The van der Waals surface area contributed by atoms with Gasteiger partial charge in [0.25, 0.3) is 0 Å². The number of nitrogens with zero attached hydrogens (tertiary/aromatic N) is 10. The van der Waals surface area contributed by atoms with Crippen LogP contribution in [0.5, 0.6) is 0 Å². The van der Waals surface area contributed by atoms with Crippen molar-refractivity contribution in [3.05, 3.63) is 47.8 Å². The van der Waals surface area contributed by atoms with Crippen LogP contribution in [0.15, 0.2) is 36.4 Å². The van der Waals surface area contributed by atoms with Gasteiger partial charge < -0.3 is 11.5 Å². The monoisotopic (exact) mass is 442 g/mol. The molecule has 12 nitrogen and oxygen atoms in total. The number of hydrogen-bond donors (Lipinski definition) is 2. The van der Waals surface area contributed by atoms with Crippen molar-refractivity contribution in [1.29, 1.82) is 10.5 Å². The number of nitriles is 2. The van der Waals surface area contributed by atoms with E-state index in [4.69, 9.17) is 22.0 Å². The van der Waals surface area contributed by atoms with E-state index in [1.807, 2.05) is 48.5 Å². The first-order valence-corrected chi connectivity index (χ1v) is 9.83. The van der Waals surface area contributed by atoms with Crippen molar-refractivity contribution < 1.29 is 0 Å². The fourth-order valence-corrected chi connectivity index (χ4v) is 3.56. The average Bonchev–Trinajstić information content (AvgIpc) is 2.85. The third kappa shape index (κ3) is 2.91. The van der Waals surface area contributed by atoms with E-state index in [1.165, 1.54) is 0 Å². The fourth-order valence-electron chi connectivity index (χ4n) is 3.56. The van der Waals surface area contributed by atoms with Crippen LogP contribution in [0, 0.1) is 22.7 Å². The van der Waals surface area contributed by atoms with Gasteiger partial charge in [-0.15, -0.1) is 0 Å². The molecule has 0 aliphatic carbocycles. The molecule has 0 amide bonds. The van der Waals surface area contributed by atoms with Gasteiger partial charge in [0, 0.05) is 0 Å². The molecule has 4 N–H and O–H groups in total. The van der Waals surface area contributed by atoms with Gasteiger partial charge >= 0.3 is 0 Å². The van der Waals surface area contributed by atoms with E-state index >= 15 is 0 Å². The van der Waals surface area contributed by atoms with Gasteiger partial charge in [-0.25, -0.2) is 39.9 Å². The van der Waals surface area contributed by atoms with E-state index in [-0.39, 0.29) is 45.6 Å². The molecule has 6 rings (SSSR count). The lowest BCUT2D eigenvalue weighted by molar-refractivity contribution is 1.18. The molecule has 2 aromatic carbocycles. The van der Waals surface area contributed by atoms with E-state index < -0.39 is 0 Å². The third-order valence-corrected chi connectivity index (χ3v) is 5.17. The first-order chi connectivity index (χ1) is 16.5. The van der Waals surface area contributed by atoms with Gasteiger partial charge in [-0.2, -0.15) is 10.5 Å². The van der Waals surface area contributed by atoms with Crippen molar-refractivity contribution in [1.82, 2.24) is 39.9 Å². The Morgan fingerprint density at radius 3 is 1.29 bits per heavy atom. The first kappa shape index (κ1) is 19.1. The second-order valence-corrected chi connectivity index (χ2v) is 7.29. The molecule has 0 unspecified atom stereocenters. The quantitative estimate of drug-likeness (QED) is 0.351. The fraction of sp³-hybridized carbons (Fsp3) is 0. The Morgan fingerprint density at radius 1 is 0.500 bits per heavy atom. The molecule has 6 aromatic rings. The average molecular weight is 442 g/mol. The minimum atomic E-state index is 0.00302. The normalized spacial score (nSPS) is 11.1. The van der Waals surface area contributed by atoms with Crippen LogP contribution in [-0.4, -0.2) is 39.9 Å². The van der Waals surface area contributed by atoms with Crippen molar-refractivity contribution in [2.24, 2.45) is 0 Å². The van der Waals surface area contributed by atoms with Gasteiger partial charge in [-0.05, 0) is 35.4 Å². The summed E-state index contributed by atoms with van der Waals surface area (Å²) in [5.74, 6) is 0.0184. The Morgan fingerprint density at radius 2 is 0.882 bits per heavy atom. The summed E-state index contributed by atoms with van der Waals surface area (Å²) in [6.07, 6.45) is 0. The van der Waals surface area contributed by atoms with Gasteiger partial charge in [-0.1, -0.05) is 12.1 Å². The molecular weight excluding hydrogens is 432 g/mol. The molecule has 4 heterocycles. The SMILES string of the molecule is N#Cc1nc2nc3ccc(-c4ccc5nc6nc(N)c(C#N)nc6nc5c4)cc3nc2nc1N. The summed E-state index contributed by atoms with van der Waals surface area (Å²) in [5.41, 5.74) is 16.6. The van der Waals surface area contributed by atoms with Crippen LogP contribution < -0.4 is 11.5 Å². The van der Waals surface area contributed by atoms with Crippen molar-refractivity contribution in [2.75, 3.05) is 11.5 Å². The Bertz CT molecular complexity index is 1920. The van der Waals surface area contributed by atoms with Crippen LogP contribution in [0.25, 0.3) is 55.8 Å². The number of fused-ring (bicyclic) bond motifs is 4. The smallest absolute Gasteiger partial charge is 0.200 e. The Kier molecular flexibility index (Phi) is 3.90. The lowest BCUT2D eigenvalue weighted by atomic mass is 10.0. The van der Waals surface area contributed by atoms with E-state index in [1.54, 1.807) is 0 Å². The largest absolute Gasteiger partial charge is 0.381 e. The second-order valence-electron chi connectivity index (χ2n) is 7.29. The van der Waals surface area contributed by atoms with Crippen molar-refractivity contribution in [3.63, 3.8) is 0 Å². The van der Waals surface area contributed by atoms with Crippen molar-refractivity contribution in [2.45, 2.75) is 0 Å². The molecule has 158 valence electrons. The minimum Gasteiger partial charge on any atom is -0.381 e. The van der Waals surface area contributed by atoms with E-state index in [0.717, 1.165) is 11.1 Å². The van der Waals surface area contributed by atoms with Gasteiger partial charge in [0.1, 0.15) is 12.1 Å². The standard InChI is InChI=1S/C22H10N12/c23-7-15-18(26)34-22-19(31-15)27-11-3-1-10(6-14(11)30-22)9-2-4-12-13(5-9)29-20-21(28-12)33-17(25)16(8-24)32-20/h1-6H,(H2,25,28,33)(H2,26,30,34). The predicted molar refractivity (Wildman–Crippen MR) is 123 cm³/mol. The Hall–Kier alpha value is -5.62. The molecule has 0 fully saturated rings. The van der Waals surface area contributed by atoms with E-state index in [9.17, 15) is 0 Å². The summed E-state index contributed by atoms with van der Waals surface area (Å²) in [5, 5.41) is 18.3. The number of aromatic nitrogens is 8. The zero-order chi connectivity index (χ0) is 23.4. The predicted octanol–water partition coefficient (Wildman–Crippen LogP) is 2.03. The molecule has 0 aliphatic heterocycles. The molecule has 0 atom stereocenters. The molecule has 34 heavy (non-hydrogen) atoms. The Balaban J connectivity index is 1.49. The summed E-state index contributed by atoms with van der Waals surface area (Å²) in [6, 6.07) is 14.9. The highest BCUT2D eigenvalue weighted by Crippen LogP contribution is 2.27. The summed E-state index contributed by atoms with van der Waals surface area (Å²) in [4.78, 5) is 34.5. The van der Waals surface area contributed by atoms with Crippen LogP contribution in [0.1, 0.15) is 11.4 Å². The zero-order valence-corrected chi connectivity index (χ0v) is 17.1. The highest BCUT2D eigenvalue weighted by Gasteiger charge is 2.12. The highest BCUT2D eigenvalue weighted by atomic mass is 15.0. The summed E-state index contributed by atoms with van der Waals surface area (Å²) in [7, 11) is 0. The number of nitrogen functional groups attached to an aromatic ring is 2. The van der Waals surface area contributed by atoms with Gasteiger partial charge in [0.05, 0.1) is 22.1 Å². The number of nitrogens with two attached hydrogens (primary N) is 2. The zero-order valence-electron chi connectivity index (χ0n) is 17.1. The highest BCUT2D eigenvalue weighted by molar-refractivity contribution is 5.90. The molecular formula is C22H10N12. The second kappa shape index (κ2) is 6.94. The molecule has 0 saturated carbocycles. The molecule has 4 aromatic heterocycles. The third-order valence-electron chi connectivity index (χ3n) is 5.17. The maximum Gasteiger partial charge on any atom is 0.200 e. The maximum absolute atomic E-state index is 9.16. The van der Waals surface area contributed by atoms with Crippen LogP contribution in [0.3, 0.4) is 0 Å². The van der Waals surface area contributed by atoms with Crippen molar-refractivity contribution in [3.8, 4) is 23.3 Å². The topological polar surface area (TPSA) is 203 Å². The lowest BCUT2D eigenvalue weighted by Crippen LogP contribution is -2.02. The number of rotatable bonds is 1. The van der Waals surface area contributed by atoms with Gasteiger partial charge in [-0.3, -0.25) is 0 Å². The molecule has 0 spiro atoms. The number of benzene rings is 2. The summed E-state index contributed by atoms with van der Waals surface area (Å²) in [6.45, 7) is 0. The van der Waals surface area contributed by atoms with Crippen LogP contribution in [-0.2, 0) is 0 Å². The van der Waals surface area contributed by atoms with Gasteiger partial charge in [0.2, 0.25) is 0 Å². The minimum absolute atomic E-state index is 0.00302.